The molecular weight excluding hydrogens is 256 g/mol. The van der Waals surface area contributed by atoms with E-state index in [1.165, 1.54) is 0 Å². The monoisotopic (exact) mass is 270 g/mol. The van der Waals surface area contributed by atoms with Gasteiger partial charge in [0.05, 0.1) is 19.3 Å². The lowest BCUT2D eigenvalue weighted by Crippen LogP contribution is -2.21. The number of furan rings is 1. The van der Waals surface area contributed by atoms with Crippen molar-refractivity contribution in [1.29, 1.82) is 0 Å². The molecule has 102 valence electrons. The molecule has 0 radical (unpaired) electrons. The standard InChI is InChI=1S/C15H14N2O3/c1-19-11-6-4-10(5-7-11)15(18)14-12(9-16-17-14)13-3-2-8-20-13/h2-8,12,16H,9H2,1H3/t12-/m1/s1. The lowest BCUT2D eigenvalue weighted by atomic mass is 9.94. The fourth-order valence-electron chi connectivity index (χ4n) is 2.22. The van der Waals surface area contributed by atoms with E-state index in [1.807, 2.05) is 12.1 Å². The van der Waals surface area contributed by atoms with Gasteiger partial charge in [0.2, 0.25) is 5.78 Å². The molecule has 2 aromatic rings. The van der Waals surface area contributed by atoms with Crippen molar-refractivity contribution in [2.75, 3.05) is 13.7 Å². The third kappa shape index (κ3) is 2.18. The second-order valence-corrected chi connectivity index (χ2v) is 4.48. The molecule has 1 aromatic heterocycles. The van der Waals surface area contributed by atoms with E-state index in [-0.39, 0.29) is 11.7 Å². The second kappa shape index (κ2) is 5.21. The van der Waals surface area contributed by atoms with E-state index in [0.717, 1.165) is 11.5 Å². The summed E-state index contributed by atoms with van der Waals surface area (Å²) in [6.45, 7) is 0.574. The number of hydrogen-bond donors (Lipinski definition) is 1. The topological polar surface area (TPSA) is 63.8 Å². The first-order valence-corrected chi connectivity index (χ1v) is 6.32. The fraction of sp³-hybridized carbons (Fsp3) is 0.200. The second-order valence-electron chi connectivity index (χ2n) is 4.48. The van der Waals surface area contributed by atoms with Gasteiger partial charge < -0.3 is 14.6 Å². The maximum Gasteiger partial charge on any atom is 0.209 e. The van der Waals surface area contributed by atoms with Crippen molar-refractivity contribution in [3.63, 3.8) is 0 Å². The van der Waals surface area contributed by atoms with Crippen LogP contribution in [0, 0.1) is 0 Å². The van der Waals surface area contributed by atoms with Gasteiger partial charge in [0.25, 0.3) is 0 Å². The third-order valence-corrected chi connectivity index (χ3v) is 3.30. The van der Waals surface area contributed by atoms with E-state index in [0.29, 0.717) is 17.8 Å². The molecule has 5 nitrogen and oxygen atoms in total. The summed E-state index contributed by atoms with van der Waals surface area (Å²) in [4.78, 5) is 12.5. The van der Waals surface area contributed by atoms with Crippen LogP contribution >= 0.6 is 0 Å². The lowest BCUT2D eigenvalue weighted by Gasteiger charge is -2.08. The summed E-state index contributed by atoms with van der Waals surface area (Å²) >= 11 is 0. The van der Waals surface area contributed by atoms with Crippen molar-refractivity contribution in [2.24, 2.45) is 5.10 Å². The molecule has 20 heavy (non-hydrogen) atoms. The van der Waals surface area contributed by atoms with Gasteiger partial charge in [-0.2, -0.15) is 5.10 Å². The van der Waals surface area contributed by atoms with Crippen LogP contribution < -0.4 is 10.2 Å². The van der Waals surface area contributed by atoms with Crippen LogP contribution in [0.25, 0.3) is 0 Å². The first-order valence-electron chi connectivity index (χ1n) is 6.32. The van der Waals surface area contributed by atoms with E-state index in [4.69, 9.17) is 9.15 Å². The number of Topliss-reactive ketones (excluding diaryl/α,β-unsaturated/α-hetero) is 1. The summed E-state index contributed by atoms with van der Waals surface area (Å²) in [5.74, 6) is 1.23. The van der Waals surface area contributed by atoms with Crippen LogP contribution in [-0.2, 0) is 0 Å². The number of ether oxygens (including phenoxy) is 1. The molecule has 0 spiro atoms. The number of nitrogens with one attached hydrogen (secondary N) is 1. The van der Waals surface area contributed by atoms with Gasteiger partial charge in [-0.05, 0) is 36.4 Å². The predicted octanol–water partition coefficient (Wildman–Crippen LogP) is 2.21. The molecule has 0 saturated heterocycles. The molecule has 1 aliphatic heterocycles. The normalized spacial score (nSPS) is 17.4. The number of rotatable bonds is 4. The molecule has 5 heteroatoms. The first kappa shape index (κ1) is 12.5. The van der Waals surface area contributed by atoms with E-state index in [2.05, 4.69) is 10.5 Å². The SMILES string of the molecule is COc1ccc(C(=O)C2=NNC[C@@H]2c2ccco2)cc1. The minimum atomic E-state index is -0.139. The molecular formula is C15H14N2O3. The number of nitrogens with zero attached hydrogens (tertiary/aromatic N) is 1. The van der Waals surface area contributed by atoms with Crippen molar-refractivity contribution >= 4 is 11.5 Å². The van der Waals surface area contributed by atoms with E-state index >= 15 is 0 Å². The maximum absolute atomic E-state index is 12.5. The van der Waals surface area contributed by atoms with Crippen LogP contribution in [0.5, 0.6) is 5.75 Å². The molecule has 1 N–H and O–H groups in total. The van der Waals surface area contributed by atoms with Crippen molar-refractivity contribution < 1.29 is 13.9 Å². The molecule has 1 atom stereocenters. The van der Waals surface area contributed by atoms with Gasteiger partial charge >= 0.3 is 0 Å². The van der Waals surface area contributed by atoms with Gasteiger partial charge in [0.1, 0.15) is 17.2 Å². The average Bonchev–Trinajstić information content (AvgIpc) is 3.16. The quantitative estimate of drug-likeness (QED) is 0.865. The summed E-state index contributed by atoms with van der Waals surface area (Å²) in [5, 5.41) is 4.12. The molecule has 3 rings (SSSR count). The van der Waals surface area contributed by atoms with Gasteiger partial charge in [0, 0.05) is 12.1 Å². The van der Waals surface area contributed by atoms with E-state index < -0.39 is 0 Å². The Morgan fingerprint density at radius 1 is 1.35 bits per heavy atom. The van der Waals surface area contributed by atoms with E-state index in [1.54, 1.807) is 37.6 Å². The third-order valence-electron chi connectivity index (χ3n) is 3.30. The highest BCUT2D eigenvalue weighted by Crippen LogP contribution is 2.23. The Hall–Kier alpha value is -2.56. The largest absolute Gasteiger partial charge is 0.497 e. The number of carbonyl (C=O) groups excluding carboxylic acids is 1. The van der Waals surface area contributed by atoms with Crippen molar-refractivity contribution in [3.8, 4) is 5.75 Å². The number of methoxy groups -OCH3 is 1. The maximum atomic E-state index is 12.5. The summed E-state index contributed by atoms with van der Waals surface area (Å²) in [6, 6.07) is 10.7. The Morgan fingerprint density at radius 2 is 2.15 bits per heavy atom. The minimum absolute atomic E-state index is 0.0981. The van der Waals surface area contributed by atoms with Crippen molar-refractivity contribution in [2.45, 2.75) is 5.92 Å². The highest BCUT2D eigenvalue weighted by Gasteiger charge is 2.31. The fourth-order valence-corrected chi connectivity index (χ4v) is 2.22. The highest BCUT2D eigenvalue weighted by atomic mass is 16.5. The van der Waals surface area contributed by atoms with Gasteiger partial charge in [-0.15, -0.1) is 0 Å². The van der Waals surface area contributed by atoms with Gasteiger partial charge in [-0.3, -0.25) is 4.79 Å². The average molecular weight is 270 g/mol. The van der Waals surface area contributed by atoms with Crippen LogP contribution in [0.1, 0.15) is 22.0 Å². The molecule has 1 aromatic carbocycles. The zero-order valence-electron chi connectivity index (χ0n) is 11.0. The lowest BCUT2D eigenvalue weighted by molar-refractivity contribution is 0.106. The van der Waals surface area contributed by atoms with Crippen molar-refractivity contribution in [1.82, 2.24) is 5.43 Å². The van der Waals surface area contributed by atoms with Crippen LogP contribution in [0.4, 0.5) is 0 Å². The first-order chi connectivity index (χ1) is 9.79. The number of ketones is 1. The molecule has 0 unspecified atom stereocenters. The molecule has 0 fully saturated rings. The zero-order chi connectivity index (χ0) is 13.9. The molecule has 1 aliphatic rings. The van der Waals surface area contributed by atoms with Crippen molar-refractivity contribution in [3.05, 3.63) is 54.0 Å². The minimum Gasteiger partial charge on any atom is -0.497 e. The smallest absolute Gasteiger partial charge is 0.209 e. The van der Waals surface area contributed by atoms with Crippen LogP contribution in [-0.4, -0.2) is 25.1 Å². The van der Waals surface area contributed by atoms with E-state index in [9.17, 15) is 4.79 Å². The van der Waals surface area contributed by atoms with Gasteiger partial charge in [-0.25, -0.2) is 0 Å². The Balaban J connectivity index is 1.85. The Morgan fingerprint density at radius 3 is 2.80 bits per heavy atom. The Labute approximate surface area is 116 Å². The molecule has 2 heterocycles. The molecule has 0 saturated carbocycles. The van der Waals surface area contributed by atoms with Gasteiger partial charge in [0.15, 0.2) is 0 Å². The number of carbonyl (C=O) groups is 1. The number of benzene rings is 1. The summed E-state index contributed by atoms with van der Waals surface area (Å²) in [6.07, 6.45) is 1.60. The van der Waals surface area contributed by atoms with Crippen LogP contribution in [0.15, 0.2) is 52.2 Å². The Kier molecular flexibility index (Phi) is 3.25. The zero-order valence-corrected chi connectivity index (χ0v) is 11.0. The van der Waals surface area contributed by atoms with Crippen LogP contribution in [0.2, 0.25) is 0 Å². The predicted molar refractivity (Wildman–Crippen MR) is 74.2 cm³/mol. The molecule has 0 aliphatic carbocycles. The molecule has 0 bridgehead atoms. The number of hydrazone groups is 1. The summed E-state index contributed by atoms with van der Waals surface area (Å²) in [7, 11) is 1.59. The highest BCUT2D eigenvalue weighted by molar-refractivity contribution is 6.48. The Bertz CT molecular complexity index is 630. The summed E-state index contributed by atoms with van der Waals surface area (Å²) < 4.78 is 10.5. The number of hydrogen-bond acceptors (Lipinski definition) is 5. The van der Waals surface area contributed by atoms with Gasteiger partial charge in [-0.1, -0.05) is 0 Å². The molecule has 0 amide bonds. The summed E-state index contributed by atoms with van der Waals surface area (Å²) in [5.41, 5.74) is 3.93. The van der Waals surface area contributed by atoms with Crippen LogP contribution in [0.3, 0.4) is 0 Å².